The van der Waals surface area contributed by atoms with E-state index in [1.54, 1.807) is 6.20 Å². The molecule has 2 N–H and O–H groups in total. The lowest BCUT2D eigenvalue weighted by atomic mass is 10.0. The molecular weight excluding hydrogens is 466 g/mol. The van der Waals surface area contributed by atoms with E-state index in [1.165, 1.54) is 6.92 Å². The number of carbonyl (C=O) groups is 1. The zero-order chi connectivity index (χ0) is 23.7. The highest BCUT2D eigenvalue weighted by molar-refractivity contribution is 7.80. The predicted molar refractivity (Wildman–Crippen MR) is 139 cm³/mol. The van der Waals surface area contributed by atoms with Crippen molar-refractivity contribution in [3.05, 3.63) is 108 Å². The first-order chi connectivity index (χ1) is 16.5. The average molecular weight is 488 g/mol. The zero-order valence-electron chi connectivity index (χ0n) is 18.4. The van der Waals surface area contributed by atoms with Gasteiger partial charge in [-0.1, -0.05) is 23.7 Å². The zero-order valence-corrected chi connectivity index (χ0v) is 19.9. The summed E-state index contributed by atoms with van der Waals surface area (Å²) in [5, 5.41) is 7.56. The third-order valence-corrected chi connectivity index (χ3v) is 6.28. The molecule has 170 valence electrons. The van der Waals surface area contributed by atoms with Crippen molar-refractivity contribution in [2.75, 3.05) is 10.2 Å². The summed E-state index contributed by atoms with van der Waals surface area (Å²) in [6, 6.07) is 25.1. The standard InChI is InChI=1S/C26H22ClN5OS/c1-17(33)29-19-10-12-20(13-11-19)32-25(24(30-26(32)34)22-8-2-3-14-28-22)23-9-5-15-31(23)21-7-4-6-18(27)16-21/h2-16,24-25H,1H3,(H,29,33)(H,30,34). The number of anilines is 2. The Labute approximate surface area is 208 Å². The van der Waals surface area contributed by atoms with Crippen LogP contribution >= 0.6 is 23.8 Å². The number of hydrogen-bond donors (Lipinski definition) is 2. The Kier molecular flexibility index (Phi) is 6.04. The van der Waals surface area contributed by atoms with Gasteiger partial charge in [0.05, 0.1) is 11.7 Å². The van der Waals surface area contributed by atoms with Gasteiger partial charge in [0.15, 0.2) is 5.11 Å². The van der Waals surface area contributed by atoms with Gasteiger partial charge in [0.1, 0.15) is 6.04 Å². The molecule has 1 saturated heterocycles. The van der Waals surface area contributed by atoms with Crippen LogP contribution in [0.1, 0.15) is 30.4 Å². The van der Waals surface area contributed by atoms with Crippen molar-refractivity contribution in [2.24, 2.45) is 0 Å². The quantitative estimate of drug-likeness (QED) is 0.355. The van der Waals surface area contributed by atoms with Gasteiger partial charge in [0, 0.05) is 47.1 Å². The number of hydrogen-bond acceptors (Lipinski definition) is 3. The lowest BCUT2D eigenvalue weighted by molar-refractivity contribution is -0.114. The number of aromatic nitrogens is 2. The minimum atomic E-state index is -0.178. The van der Waals surface area contributed by atoms with Gasteiger partial charge in [-0.15, -0.1) is 0 Å². The Balaban J connectivity index is 1.62. The molecule has 5 rings (SSSR count). The van der Waals surface area contributed by atoms with Crippen molar-refractivity contribution >= 4 is 46.2 Å². The largest absolute Gasteiger partial charge is 0.351 e. The van der Waals surface area contributed by atoms with E-state index in [2.05, 4.69) is 31.2 Å². The van der Waals surface area contributed by atoms with Crippen LogP contribution in [-0.4, -0.2) is 20.6 Å². The van der Waals surface area contributed by atoms with Crippen molar-refractivity contribution in [1.82, 2.24) is 14.9 Å². The van der Waals surface area contributed by atoms with Gasteiger partial charge in [-0.25, -0.2) is 0 Å². The van der Waals surface area contributed by atoms with Crippen LogP contribution < -0.4 is 15.5 Å². The van der Waals surface area contributed by atoms with Crippen molar-refractivity contribution in [3.63, 3.8) is 0 Å². The number of rotatable bonds is 5. The van der Waals surface area contributed by atoms with E-state index < -0.39 is 0 Å². The maximum Gasteiger partial charge on any atom is 0.221 e. The molecule has 3 heterocycles. The molecule has 0 saturated carbocycles. The SMILES string of the molecule is CC(=O)Nc1ccc(N2C(=S)NC(c3ccccn3)C2c2cccn2-c2cccc(Cl)c2)cc1. The van der Waals surface area contributed by atoms with Gasteiger partial charge in [0.25, 0.3) is 0 Å². The van der Waals surface area contributed by atoms with Gasteiger partial charge in [0.2, 0.25) is 5.91 Å². The van der Waals surface area contributed by atoms with E-state index in [0.717, 1.165) is 28.5 Å². The minimum Gasteiger partial charge on any atom is -0.351 e. The van der Waals surface area contributed by atoms with Gasteiger partial charge >= 0.3 is 0 Å². The first-order valence-corrected chi connectivity index (χ1v) is 11.6. The highest BCUT2D eigenvalue weighted by Gasteiger charge is 2.42. The van der Waals surface area contributed by atoms with Gasteiger partial charge < -0.3 is 20.1 Å². The lowest BCUT2D eigenvalue weighted by Crippen LogP contribution is -2.30. The number of benzene rings is 2. The maximum absolute atomic E-state index is 11.4. The van der Waals surface area contributed by atoms with Crippen LogP contribution in [-0.2, 0) is 4.79 Å². The summed E-state index contributed by atoms with van der Waals surface area (Å²) in [5.74, 6) is -0.112. The molecule has 1 aliphatic rings. The second kappa shape index (κ2) is 9.29. The summed E-state index contributed by atoms with van der Waals surface area (Å²) in [7, 11) is 0. The van der Waals surface area contributed by atoms with E-state index in [9.17, 15) is 4.79 Å². The summed E-state index contributed by atoms with van der Waals surface area (Å²) >= 11 is 12.1. The fourth-order valence-electron chi connectivity index (χ4n) is 4.34. The molecule has 0 aliphatic carbocycles. The Morgan fingerprint density at radius 3 is 2.56 bits per heavy atom. The molecule has 2 atom stereocenters. The predicted octanol–water partition coefficient (Wildman–Crippen LogP) is 5.66. The van der Waals surface area contributed by atoms with Crippen LogP contribution in [0.2, 0.25) is 5.02 Å². The number of thiocarbonyl (C=S) groups is 1. The summed E-state index contributed by atoms with van der Waals surface area (Å²) in [4.78, 5) is 18.2. The maximum atomic E-state index is 11.4. The second-order valence-corrected chi connectivity index (χ2v) is 8.83. The normalized spacial score (nSPS) is 17.5. The third-order valence-electron chi connectivity index (χ3n) is 5.73. The second-order valence-electron chi connectivity index (χ2n) is 8.01. The molecule has 0 radical (unpaired) electrons. The van der Waals surface area contributed by atoms with Gasteiger partial charge in [-0.2, -0.15) is 0 Å². The minimum absolute atomic E-state index is 0.112. The van der Waals surface area contributed by atoms with Crippen LogP contribution in [0.5, 0.6) is 0 Å². The van der Waals surface area contributed by atoms with E-state index in [1.807, 2.05) is 79.0 Å². The molecule has 6 nitrogen and oxygen atoms in total. The first-order valence-electron chi connectivity index (χ1n) is 10.8. The molecule has 2 aromatic heterocycles. The fourth-order valence-corrected chi connectivity index (χ4v) is 4.87. The molecule has 4 aromatic rings. The smallest absolute Gasteiger partial charge is 0.221 e. The van der Waals surface area contributed by atoms with E-state index >= 15 is 0 Å². The highest BCUT2D eigenvalue weighted by Crippen LogP contribution is 2.42. The number of pyridine rings is 1. The van der Waals surface area contributed by atoms with Gasteiger partial charge in [-0.3, -0.25) is 9.78 Å². The first kappa shape index (κ1) is 22.1. The van der Waals surface area contributed by atoms with Crippen molar-refractivity contribution in [1.29, 1.82) is 0 Å². The molecule has 8 heteroatoms. The van der Waals surface area contributed by atoms with E-state index in [-0.39, 0.29) is 18.0 Å². The van der Waals surface area contributed by atoms with E-state index in [4.69, 9.17) is 23.8 Å². The number of nitrogens with one attached hydrogen (secondary N) is 2. The van der Waals surface area contributed by atoms with Gasteiger partial charge in [-0.05, 0) is 78.9 Å². The number of nitrogens with zero attached hydrogens (tertiary/aromatic N) is 3. The van der Waals surface area contributed by atoms with E-state index in [0.29, 0.717) is 10.1 Å². The van der Waals surface area contributed by atoms with Crippen molar-refractivity contribution < 1.29 is 4.79 Å². The fraction of sp³-hybridized carbons (Fsp3) is 0.115. The molecule has 0 spiro atoms. The van der Waals surface area contributed by atoms with Crippen LogP contribution in [0.4, 0.5) is 11.4 Å². The number of carbonyl (C=O) groups excluding carboxylic acids is 1. The molecule has 1 aliphatic heterocycles. The topological polar surface area (TPSA) is 62.2 Å². The molecular formula is C26H22ClN5OS. The summed E-state index contributed by atoms with van der Waals surface area (Å²) < 4.78 is 2.13. The Bertz CT molecular complexity index is 1340. The highest BCUT2D eigenvalue weighted by atomic mass is 35.5. The van der Waals surface area contributed by atoms with Crippen LogP contribution in [0.3, 0.4) is 0 Å². The molecule has 0 bridgehead atoms. The molecule has 34 heavy (non-hydrogen) atoms. The summed E-state index contributed by atoms with van der Waals surface area (Å²) in [6.45, 7) is 1.49. The number of halogens is 1. The van der Waals surface area contributed by atoms with Crippen LogP contribution in [0, 0.1) is 0 Å². The van der Waals surface area contributed by atoms with Crippen molar-refractivity contribution in [3.8, 4) is 5.69 Å². The van der Waals surface area contributed by atoms with Crippen LogP contribution in [0.25, 0.3) is 5.69 Å². The summed E-state index contributed by atoms with van der Waals surface area (Å²) in [6.07, 6.45) is 3.81. The third kappa shape index (κ3) is 4.27. The monoisotopic (exact) mass is 487 g/mol. The Hall–Kier alpha value is -3.68. The molecule has 2 unspecified atom stereocenters. The Morgan fingerprint density at radius 1 is 1.03 bits per heavy atom. The van der Waals surface area contributed by atoms with Crippen LogP contribution in [0.15, 0.2) is 91.3 Å². The lowest BCUT2D eigenvalue weighted by Gasteiger charge is -2.29. The average Bonchev–Trinajstić information content (AvgIpc) is 3.44. The number of amides is 1. The Morgan fingerprint density at radius 2 is 1.85 bits per heavy atom. The molecule has 2 aromatic carbocycles. The van der Waals surface area contributed by atoms with Crippen molar-refractivity contribution in [2.45, 2.75) is 19.0 Å². The molecule has 1 fully saturated rings. The summed E-state index contributed by atoms with van der Waals surface area (Å²) in [5.41, 5.74) is 4.54. The molecule has 1 amide bonds.